The molecule has 1 saturated heterocycles. The third-order valence-electron chi connectivity index (χ3n) is 6.46. The van der Waals surface area contributed by atoms with Gasteiger partial charge in [0.2, 0.25) is 11.8 Å². The van der Waals surface area contributed by atoms with Crippen molar-refractivity contribution in [3.8, 4) is 0 Å². The monoisotopic (exact) mass is 460 g/mol. The fourth-order valence-corrected chi connectivity index (χ4v) is 5.73. The van der Waals surface area contributed by atoms with Gasteiger partial charge in [-0.25, -0.2) is 4.98 Å². The lowest BCUT2D eigenvalue weighted by Gasteiger charge is -2.31. The van der Waals surface area contributed by atoms with Crippen LogP contribution in [-0.2, 0) is 16.1 Å². The van der Waals surface area contributed by atoms with Crippen molar-refractivity contribution in [1.29, 1.82) is 0 Å². The second-order valence-electron chi connectivity index (χ2n) is 8.62. The Balaban J connectivity index is 1.24. The number of rotatable bonds is 3. The Morgan fingerprint density at radius 3 is 2.94 bits per heavy atom. The van der Waals surface area contributed by atoms with Gasteiger partial charge in [-0.15, -0.1) is 0 Å². The van der Waals surface area contributed by atoms with Gasteiger partial charge in [-0.2, -0.15) is 11.8 Å². The smallest absolute Gasteiger partial charge is 0.246 e. The van der Waals surface area contributed by atoms with Gasteiger partial charge in [0.1, 0.15) is 5.82 Å². The lowest BCUT2D eigenvalue weighted by atomic mass is 10.0. The molecule has 0 radical (unpaired) electrons. The topological polar surface area (TPSA) is 65.5 Å². The minimum atomic E-state index is -0.101. The number of thioether (sulfide) groups is 1. The van der Waals surface area contributed by atoms with Crippen molar-refractivity contribution in [2.45, 2.75) is 25.4 Å². The van der Waals surface area contributed by atoms with Crippen LogP contribution in [0.5, 0.6) is 0 Å². The molecule has 33 heavy (non-hydrogen) atoms. The zero-order chi connectivity index (χ0) is 22.6. The van der Waals surface area contributed by atoms with E-state index in [0.717, 1.165) is 48.6 Å². The molecule has 1 aromatic heterocycles. The minimum absolute atomic E-state index is 0.0223. The maximum Gasteiger partial charge on any atom is 0.246 e. The number of benzene rings is 1. The van der Waals surface area contributed by atoms with E-state index in [0.29, 0.717) is 18.9 Å². The highest BCUT2D eigenvalue weighted by Gasteiger charge is 2.33. The Hall–Kier alpha value is -2.90. The van der Waals surface area contributed by atoms with Crippen molar-refractivity contribution < 1.29 is 9.59 Å². The highest BCUT2D eigenvalue weighted by molar-refractivity contribution is 7.99. The second kappa shape index (κ2) is 9.93. The molecule has 3 aliphatic rings. The maximum absolute atomic E-state index is 12.9. The van der Waals surface area contributed by atoms with Crippen molar-refractivity contribution in [3.63, 3.8) is 0 Å². The van der Waals surface area contributed by atoms with Crippen molar-refractivity contribution in [2.75, 3.05) is 36.5 Å². The van der Waals surface area contributed by atoms with Gasteiger partial charge in [-0.05, 0) is 41.7 Å². The molecule has 7 heteroatoms. The Morgan fingerprint density at radius 2 is 2.06 bits per heavy atom. The zero-order valence-electron chi connectivity index (χ0n) is 18.6. The van der Waals surface area contributed by atoms with E-state index in [9.17, 15) is 9.59 Å². The molecule has 0 aliphatic carbocycles. The first kappa shape index (κ1) is 21.9. The molecule has 1 aromatic carbocycles. The Bertz CT molecular complexity index is 1100. The Kier molecular flexibility index (Phi) is 6.60. The average Bonchev–Trinajstić information content (AvgIpc) is 3.18. The third kappa shape index (κ3) is 5.04. The van der Waals surface area contributed by atoms with Crippen LogP contribution >= 0.6 is 11.8 Å². The molecule has 3 aliphatic heterocycles. The van der Waals surface area contributed by atoms with Gasteiger partial charge in [0, 0.05) is 55.5 Å². The number of carbonyl (C=O) groups excluding carboxylic acids is 2. The van der Waals surface area contributed by atoms with E-state index in [-0.39, 0.29) is 17.9 Å². The minimum Gasteiger partial charge on any atom is -0.339 e. The first-order chi connectivity index (χ1) is 16.2. The summed E-state index contributed by atoms with van der Waals surface area (Å²) >= 11 is 1.82. The normalized spacial score (nSPS) is 21.5. The summed E-state index contributed by atoms with van der Waals surface area (Å²) in [5.41, 5.74) is 4.42. The quantitative estimate of drug-likeness (QED) is 0.708. The van der Waals surface area contributed by atoms with Crippen LogP contribution in [0.3, 0.4) is 0 Å². The van der Waals surface area contributed by atoms with E-state index in [1.807, 2.05) is 34.9 Å². The number of fused-ring (bicyclic) bond motifs is 2. The van der Waals surface area contributed by atoms with Gasteiger partial charge in [0.25, 0.3) is 0 Å². The summed E-state index contributed by atoms with van der Waals surface area (Å²) in [5, 5.41) is 2.98. The van der Waals surface area contributed by atoms with Gasteiger partial charge in [0.05, 0.1) is 6.04 Å². The largest absolute Gasteiger partial charge is 0.339 e. The number of carbonyl (C=O) groups is 2. The van der Waals surface area contributed by atoms with Crippen LogP contribution in [0.25, 0.3) is 11.6 Å². The van der Waals surface area contributed by atoms with E-state index in [1.165, 1.54) is 11.1 Å². The molecule has 2 amide bonds. The van der Waals surface area contributed by atoms with Gasteiger partial charge in [-0.3, -0.25) is 14.5 Å². The fraction of sp³-hybridized carbons (Fsp3) is 0.346. The van der Waals surface area contributed by atoms with Gasteiger partial charge in [-0.1, -0.05) is 36.4 Å². The molecule has 4 heterocycles. The average molecular weight is 461 g/mol. The molecular weight excluding hydrogens is 432 g/mol. The van der Waals surface area contributed by atoms with Crippen molar-refractivity contribution in [1.82, 2.24) is 14.8 Å². The van der Waals surface area contributed by atoms with Crippen molar-refractivity contribution in [3.05, 3.63) is 71.4 Å². The SMILES string of the molecule is O=C1Nc2ncc(/C=C/C(=O)N3CCC=C(c4ccccc4)CC3)cc2CN2CCSCC12. The van der Waals surface area contributed by atoms with E-state index >= 15 is 0 Å². The van der Waals surface area contributed by atoms with Crippen LogP contribution in [-0.4, -0.2) is 63.8 Å². The lowest BCUT2D eigenvalue weighted by molar-refractivity contribution is -0.125. The molecule has 2 aromatic rings. The second-order valence-corrected chi connectivity index (χ2v) is 9.77. The zero-order valence-corrected chi connectivity index (χ0v) is 19.4. The molecule has 1 N–H and O–H groups in total. The number of nitrogens with zero attached hydrogens (tertiary/aromatic N) is 3. The highest BCUT2D eigenvalue weighted by Crippen LogP contribution is 2.27. The molecule has 0 bridgehead atoms. The van der Waals surface area contributed by atoms with Crippen LogP contribution in [0, 0.1) is 0 Å². The third-order valence-corrected chi connectivity index (χ3v) is 7.48. The summed E-state index contributed by atoms with van der Waals surface area (Å²) < 4.78 is 0. The summed E-state index contributed by atoms with van der Waals surface area (Å²) in [4.78, 5) is 34.1. The van der Waals surface area contributed by atoms with Crippen LogP contribution in [0.4, 0.5) is 5.82 Å². The number of amides is 2. The van der Waals surface area contributed by atoms with E-state index in [2.05, 4.69) is 45.5 Å². The number of pyridine rings is 1. The standard InChI is InChI=1S/C26H28N4O2S/c31-24(29-11-4-7-21(10-12-29)20-5-2-1-3-6-20)9-8-19-15-22-17-30-13-14-33-18-23(30)26(32)28-25(22)27-16-19/h1-3,5-9,15-16,23H,4,10-14,17-18H2,(H,27,28,32)/b9-8+. The number of anilines is 1. The molecule has 0 saturated carbocycles. The molecule has 1 atom stereocenters. The molecule has 1 unspecified atom stereocenters. The molecule has 1 fully saturated rings. The summed E-state index contributed by atoms with van der Waals surface area (Å²) in [6.45, 7) is 3.03. The molecule has 0 spiro atoms. The predicted octanol–water partition coefficient (Wildman–Crippen LogP) is 3.67. The Labute approximate surface area is 198 Å². The molecular formula is C26H28N4O2S. The number of hydrogen-bond acceptors (Lipinski definition) is 5. The number of nitrogens with one attached hydrogen (secondary N) is 1. The first-order valence-corrected chi connectivity index (χ1v) is 12.7. The predicted molar refractivity (Wildman–Crippen MR) is 134 cm³/mol. The maximum atomic E-state index is 12.9. The van der Waals surface area contributed by atoms with Crippen LogP contribution < -0.4 is 5.32 Å². The van der Waals surface area contributed by atoms with Gasteiger partial charge in [0.15, 0.2) is 0 Å². The van der Waals surface area contributed by atoms with Crippen molar-refractivity contribution >= 4 is 41.0 Å². The Morgan fingerprint density at radius 1 is 1.18 bits per heavy atom. The van der Waals surface area contributed by atoms with E-state index in [1.54, 1.807) is 12.3 Å². The van der Waals surface area contributed by atoms with Crippen molar-refractivity contribution in [2.24, 2.45) is 0 Å². The van der Waals surface area contributed by atoms with E-state index < -0.39 is 0 Å². The summed E-state index contributed by atoms with van der Waals surface area (Å²) in [6, 6.07) is 12.3. The molecule has 6 nitrogen and oxygen atoms in total. The van der Waals surface area contributed by atoms with E-state index in [4.69, 9.17) is 0 Å². The van der Waals surface area contributed by atoms with Gasteiger partial charge >= 0.3 is 0 Å². The van der Waals surface area contributed by atoms with Crippen LogP contribution in [0.2, 0.25) is 0 Å². The fourth-order valence-electron chi connectivity index (χ4n) is 4.61. The first-order valence-electron chi connectivity index (χ1n) is 11.5. The van der Waals surface area contributed by atoms with Gasteiger partial charge < -0.3 is 10.2 Å². The van der Waals surface area contributed by atoms with Crippen LogP contribution in [0.1, 0.15) is 29.5 Å². The summed E-state index contributed by atoms with van der Waals surface area (Å²) in [6.07, 6.45) is 9.18. The highest BCUT2D eigenvalue weighted by atomic mass is 32.2. The van der Waals surface area contributed by atoms with Crippen LogP contribution in [0.15, 0.2) is 54.7 Å². The molecule has 170 valence electrons. The molecule has 5 rings (SSSR count). The number of hydrogen-bond donors (Lipinski definition) is 1. The lowest BCUT2D eigenvalue weighted by Crippen LogP contribution is -2.47. The number of aromatic nitrogens is 1. The summed E-state index contributed by atoms with van der Waals surface area (Å²) in [5.74, 6) is 2.54. The summed E-state index contributed by atoms with van der Waals surface area (Å²) in [7, 11) is 0.